The van der Waals surface area contributed by atoms with Crippen molar-refractivity contribution in [2.75, 3.05) is 6.54 Å². The summed E-state index contributed by atoms with van der Waals surface area (Å²) in [6, 6.07) is 2.06. The Bertz CT molecular complexity index is 651. The van der Waals surface area contributed by atoms with E-state index in [0.717, 1.165) is 12.1 Å². The average Bonchev–Trinajstić information content (AvgIpc) is 2.29. The first-order valence-electron chi connectivity index (χ1n) is 6.45. The first kappa shape index (κ1) is 17.9. The number of amides is 1. The molecule has 21 heavy (non-hydrogen) atoms. The van der Waals surface area contributed by atoms with Gasteiger partial charge >= 0.3 is 0 Å². The van der Waals surface area contributed by atoms with E-state index < -0.39 is 20.8 Å². The van der Waals surface area contributed by atoms with E-state index in [2.05, 4.69) is 5.32 Å². The molecule has 0 heterocycles. The first-order valence-corrected chi connectivity index (χ1v) is 8.76. The second-order valence-corrected chi connectivity index (χ2v) is 8.67. The Balaban J connectivity index is 3.02. The van der Waals surface area contributed by atoms with Crippen molar-refractivity contribution in [2.24, 2.45) is 5.41 Å². The van der Waals surface area contributed by atoms with Crippen LogP contribution in [0.5, 0.6) is 0 Å². The molecule has 0 saturated carbocycles. The fourth-order valence-corrected chi connectivity index (χ4v) is 2.53. The topological polar surface area (TPSA) is 63.2 Å². The van der Waals surface area contributed by atoms with Gasteiger partial charge in [0.1, 0.15) is 5.82 Å². The van der Waals surface area contributed by atoms with Crippen molar-refractivity contribution in [1.29, 1.82) is 0 Å². The second-order valence-electron chi connectivity index (χ2n) is 6.11. The minimum atomic E-state index is -4.02. The molecule has 0 aliphatic rings. The summed E-state index contributed by atoms with van der Waals surface area (Å²) in [5, 5.41) is 2.59. The Morgan fingerprint density at radius 1 is 1.33 bits per heavy atom. The van der Waals surface area contributed by atoms with Gasteiger partial charge < -0.3 is 5.32 Å². The molecule has 0 bridgehead atoms. The molecule has 0 fully saturated rings. The van der Waals surface area contributed by atoms with Crippen LogP contribution in [0.2, 0.25) is 0 Å². The lowest BCUT2D eigenvalue weighted by Gasteiger charge is -2.18. The Hall–Kier alpha value is -1.14. The molecular weight excluding hydrogens is 317 g/mol. The van der Waals surface area contributed by atoms with Crippen LogP contribution in [0.4, 0.5) is 4.39 Å². The summed E-state index contributed by atoms with van der Waals surface area (Å²) in [5.41, 5.74) is -0.232. The number of carbonyl (C=O) groups excluding carboxylic acids is 1. The van der Waals surface area contributed by atoms with Crippen LogP contribution in [0, 0.1) is 18.2 Å². The number of carbonyl (C=O) groups is 1. The van der Waals surface area contributed by atoms with Gasteiger partial charge in [-0.25, -0.2) is 12.8 Å². The van der Waals surface area contributed by atoms with E-state index in [0.29, 0.717) is 13.0 Å². The molecule has 1 amide bonds. The first-order chi connectivity index (χ1) is 9.42. The SMILES string of the molecule is Cc1cc(S(=O)(=O)Cl)cc(C(=O)NCCC(C)(C)C)c1F. The minimum Gasteiger partial charge on any atom is -0.352 e. The maximum atomic E-state index is 14.0. The van der Waals surface area contributed by atoms with Crippen LogP contribution in [0.1, 0.15) is 43.1 Å². The molecule has 1 aromatic rings. The summed E-state index contributed by atoms with van der Waals surface area (Å²) in [6.07, 6.45) is 0.715. The predicted molar refractivity (Wildman–Crippen MR) is 80.6 cm³/mol. The number of aryl methyl sites for hydroxylation is 1. The van der Waals surface area contributed by atoms with E-state index in [1.54, 1.807) is 0 Å². The zero-order valence-corrected chi connectivity index (χ0v) is 14.0. The molecular formula is C14H19ClFNO3S. The van der Waals surface area contributed by atoms with Gasteiger partial charge in [-0.2, -0.15) is 0 Å². The van der Waals surface area contributed by atoms with E-state index in [9.17, 15) is 17.6 Å². The van der Waals surface area contributed by atoms with Crippen molar-refractivity contribution in [3.63, 3.8) is 0 Å². The molecule has 0 radical (unpaired) electrons. The van der Waals surface area contributed by atoms with Crippen molar-refractivity contribution < 1.29 is 17.6 Å². The van der Waals surface area contributed by atoms with E-state index in [-0.39, 0.29) is 21.4 Å². The number of hydrogen-bond donors (Lipinski definition) is 1. The predicted octanol–water partition coefficient (Wildman–Crippen LogP) is 3.23. The Kier molecular flexibility index (Phi) is 5.39. The normalized spacial score (nSPS) is 12.3. The van der Waals surface area contributed by atoms with E-state index in [1.165, 1.54) is 6.92 Å². The molecule has 4 nitrogen and oxygen atoms in total. The van der Waals surface area contributed by atoms with Gasteiger partial charge in [-0.1, -0.05) is 20.8 Å². The fraction of sp³-hybridized carbons (Fsp3) is 0.500. The summed E-state index contributed by atoms with van der Waals surface area (Å²) in [5.74, 6) is -1.39. The summed E-state index contributed by atoms with van der Waals surface area (Å²) >= 11 is 0. The van der Waals surface area contributed by atoms with Crippen LogP contribution in [0.15, 0.2) is 17.0 Å². The Labute approximate surface area is 129 Å². The smallest absolute Gasteiger partial charge is 0.261 e. The second kappa shape index (κ2) is 6.32. The molecule has 0 aromatic heterocycles. The van der Waals surface area contributed by atoms with Crippen LogP contribution >= 0.6 is 10.7 Å². The van der Waals surface area contributed by atoms with Gasteiger partial charge in [0, 0.05) is 17.2 Å². The fourth-order valence-electron chi connectivity index (χ4n) is 1.69. The molecule has 118 valence electrons. The van der Waals surface area contributed by atoms with E-state index in [4.69, 9.17) is 10.7 Å². The van der Waals surface area contributed by atoms with Gasteiger partial charge in [0.25, 0.3) is 15.0 Å². The summed E-state index contributed by atoms with van der Waals surface area (Å²) in [4.78, 5) is 11.7. The molecule has 0 aliphatic carbocycles. The van der Waals surface area contributed by atoms with Crippen molar-refractivity contribution >= 4 is 25.6 Å². The monoisotopic (exact) mass is 335 g/mol. The summed E-state index contributed by atoms with van der Waals surface area (Å²) < 4.78 is 36.6. The number of rotatable bonds is 4. The van der Waals surface area contributed by atoms with Gasteiger partial charge in [-0.05, 0) is 36.5 Å². The summed E-state index contributed by atoms with van der Waals surface area (Å²) in [7, 11) is 1.23. The molecule has 7 heteroatoms. The summed E-state index contributed by atoms with van der Waals surface area (Å²) in [6.45, 7) is 7.81. The standard InChI is InChI=1S/C14H19ClFNO3S/c1-9-7-10(21(15,19)20)8-11(12(9)16)13(18)17-6-5-14(2,3)4/h7-8H,5-6H2,1-4H3,(H,17,18). The molecule has 0 atom stereocenters. The molecule has 0 unspecified atom stereocenters. The lowest BCUT2D eigenvalue weighted by molar-refractivity contribution is 0.0945. The van der Waals surface area contributed by atoms with Crippen LogP contribution in [-0.2, 0) is 9.05 Å². The molecule has 0 spiro atoms. The number of benzene rings is 1. The highest BCUT2D eigenvalue weighted by Crippen LogP contribution is 2.22. The Morgan fingerprint density at radius 3 is 2.38 bits per heavy atom. The van der Waals surface area contributed by atoms with Gasteiger partial charge in [0.15, 0.2) is 0 Å². The minimum absolute atomic E-state index is 0.0308. The average molecular weight is 336 g/mol. The van der Waals surface area contributed by atoms with Crippen LogP contribution in [0.3, 0.4) is 0 Å². The highest BCUT2D eigenvalue weighted by molar-refractivity contribution is 8.13. The maximum Gasteiger partial charge on any atom is 0.261 e. The number of nitrogens with one attached hydrogen (secondary N) is 1. The Morgan fingerprint density at radius 2 is 1.90 bits per heavy atom. The van der Waals surface area contributed by atoms with Crippen LogP contribution in [-0.4, -0.2) is 20.9 Å². The van der Waals surface area contributed by atoms with Crippen LogP contribution in [0.25, 0.3) is 0 Å². The van der Waals surface area contributed by atoms with E-state index >= 15 is 0 Å². The van der Waals surface area contributed by atoms with Crippen molar-refractivity contribution in [1.82, 2.24) is 5.32 Å². The molecule has 0 saturated heterocycles. The van der Waals surface area contributed by atoms with Crippen LogP contribution < -0.4 is 5.32 Å². The molecule has 1 aromatic carbocycles. The number of hydrogen-bond acceptors (Lipinski definition) is 3. The third-order valence-electron chi connectivity index (χ3n) is 2.91. The lowest BCUT2D eigenvalue weighted by atomic mass is 9.92. The van der Waals surface area contributed by atoms with Crippen molar-refractivity contribution in [3.8, 4) is 0 Å². The lowest BCUT2D eigenvalue weighted by Crippen LogP contribution is -2.28. The van der Waals surface area contributed by atoms with Gasteiger partial charge in [-0.15, -0.1) is 0 Å². The molecule has 0 aliphatic heterocycles. The van der Waals surface area contributed by atoms with Gasteiger partial charge in [0.05, 0.1) is 10.5 Å². The molecule has 1 rings (SSSR count). The highest BCUT2D eigenvalue weighted by Gasteiger charge is 2.20. The third kappa shape index (κ3) is 5.28. The van der Waals surface area contributed by atoms with Crippen molar-refractivity contribution in [3.05, 3.63) is 29.1 Å². The van der Waals surface area contributed by atoms with Crippen molar-refractivity contribution in [2.45, 2.75) is 39.0 Å². The van der Waals surface area contributed by atoms with Gasteiger partial charge in [0.2, 0.25) is 0 Å². The quantitative estimate of drug-likeness (QED) is 0.859. The van der Waals surface area contributed by atoms with E-state index in [1.807, 2.05) is 20.8 Å². The maximum absolute atomic E-state index is 14.0. The molecule has 1 N–H and O–H groups in total. The largest absolute Gasteiger partial charge is 0.352 e. The zero-order valence-electron chi connectivity index (χ0n) is 12.5. The number of halogens is 2. The van der Waals surface area contributed by atoms with Gasteiger partial charge in [-0.3, -0.25) is 4.79 Å². The zero-order chi connectivity index (χ0) is 16.4. The third-order valence-corrected chi connectivity index (χ3v) is 4.25. The highest BCUT2D eigenvalue weighted by atomic mass is 35.7.